The number of carbonyl (C=O) groups excluding carboxylic acids is 1. The summed E-state index contributed by atoms with van der Waals surface area (Å²) in [6.45, 7) is 4.28. The number of ketones is 1. The van der Waals surface area contributed by atoms with Gasteiger partial charge in [-0.1, -0.05) is 13.8 Å². The number of ether oxygens (including phenoxy) is 1. The van der Waals surface area contributed by atoms with Gasteiger partial charge in [-0.2, -0.15) is 0 Å². The van der Waals surface area contributed by atoms with E-state index in [0.717, 1.165) is 30.6 Å². The van der Waals surface area contributed by atoms with E-state index in [1.165, 1.54) is 0 Å². The molecule has 0 aliphatic heterocycles. The lowest BCUT2D eigenvalue weighted by atomic mass is 10.0. The van der Waals surface area contributed by atoms with Crippen LogP contribution >= 0.6 is 0 Å². The SMILES string of the molecule is CC(C)CCC(=O)c1ccc(OC2CC2)cc1. The zero-order chi connectivity index (χ0) is 12.3. The normalized spacial score (nSPS) is 15.0. The molecule has 2 rings (SSSR count). The van der Waals surface area contributed by atoms with Crippen molar-refractivity contribution in [1.29, 1.82) is 0 Å². The second-order valence-electron chi connectivity index (χ2n) is 5.20. The maximum absolute atomic E-state index is 11.9. The summed E-state index contributed by atoms with van der Waals surface area (Å²) in [5.41, 5.74) is 0.800. The minimum Gasteiger partial charge on any atom is -0.490 e. The molecule has 0 heterocycles. The van der Waals surface area contributed by atoms with Crippen LogP contribution in [0.3, 0.4) is 0 Å². The van der Waals surface area contributed by atoms with E-state index < -0.39 is 0 Å². The van der Waals surface area contributed by atoms with Gasteiger partial charge in [-0.05, 0) is 49.4 Å². The van der Waals surface area contributed by atoms with Crippen molar-refractivity contribution < 1.29 is 9.53 Å². The van der Waals surface area contributed by atoms with Crippen LogP contribution in [0.2, 0.25) is 0 Å². The fourth-order valence-electron chi connectivity index (χ4n) is 1.66. The van der Waals surface area contributed by atoms with E-state index in [-0.39, 0.29) is 5.78 Å². The van der Waals surface area contributed by atoms with E-state index in [1.807, 2.05) is 24.3 Å². The number of carbonyl (C=O) groups is 1. The molecule has 1 aromatic rings. The van der Waals surface area contributed by atoms with Crippen LogP contribution < -0.4 is 4.74 Å². The molecule has 0 amide bonds. The highest BCUT2D eigenvalue weighted by Gasteiger charge is 2.23. The van der Waals surface area contributed by atoms with E-state index in [9.17, 15) is 4.79 Å². The number of benzene rings is 1. The van der Waals surface area contributed by atoms with Gasteiger partial charge in [-0.15, -0.1) is 0 Å². The molecule has 17 heavy (non-hydrogen) atoms. The summed E-state index contributed by atoms with van der Waals surface area (Å²) in [4.78, 5) is 11.9. The van der Waals surface area contributed by atoms with Gasteiger partial charge in [0.25, 0.3) is 0 Å². The molecule has 0 spiro atoms. The highest BCUT2D eigenvalue weighted by molar-refractivity contribution is 5.96. The van der Waals surface area contributed by atoms with Gasteiger partial charge in [0.1, 0.15) is 5.75 Å². The first-order chi connectivity index (χ1) is 8.15. The molecule has 0 radical (unpaired) electrons. The zero-order valence-corrected chi connectivity index (χ0v) is 10.6. The Morgan fingerprint density at radius 1 is 1.29 bits per heavy atom. The van der Waals surface area contributed by atoms with Crippen molar-refractivity contribution in [3.05, 3.63) is 29.8 Å². The van der Waals surface area contributed by atoms with Crippen molar-refractivity contribution in [2.24, 2.45) is 5.92 Å². The zero-order valence-electron chi connectivity index (χ0n) is 10.6. The number of rotatable bonds is 6. The summed E-state index contributed by atoms with van der Waals surface area (Å²) < 4.78 is 5.65. The molecule has 92 valence electrons. The van der Waals surface area contributed by atoms with Crippen molar-refractivity contribution in [3.8, 4) is 5.75 Å². The third-order valence-electron chi connectivity index (χ3n) is 2.95. The van der Waals surface area contributed by atoms with Gasteiger partial charge in [-0.3, -0.25) is 4.79 Å². The van der Waals surface area contributed by atoms with Gasteiger partial charge >= 0.3 is 0 Å². The maximum Gasteiger partial charge on any atom is 0.162 e. The Morgan fingerprint density at radius 2 is 1.94 bits per heavy atom. The van der Waals surface area contributed by atoms with Gasteiger partial charge in [0.2, 0.25) is 0 Å². The third-order valence-corrected chi connectivity index (χ3v) is 2.95. The second-order valence-corrected chi connectivity index (χ2v) is 5.20. The molecule has 1 aromatic carbocycles. The molecule has 0 atom stereocenters. The Morgan fingerprint density at radius 3 is 2.47 bits per heavy atom. The largest absolute Gasteiger partial charge is 0.490 e. The van der Waals surface area contributed by atoms with E-state index in [4.69, 9.17) is 4.74 Å². The van der Waals surface area contributed by atoms with Crippen molar-refractivity contribution in [2.45, 2.75) is 45.6 Å². The van der Waals surface area contributed by atoms with Gasteiger partial charge in [0.05, 0.1) is 6.10 Å². The summed E-state index contributed by atoms with van der Waals surface area (Å²) in [5, 5.41) is 0. The van der Waals surface area contributed by atoms with Crippen LogP contribution in [0.5, 0.6) is 5.75 Å². The second kappa shape index (κ2) is 5.35. The smallest absolute Gasteiger partial charge is 0.162 e. The first kappa shape index (κ1) is 12.2. The van der Waals surface area contributed by atoms with Crippen LogP contribution in [0.25, 0.3) is 0 Å². The predicted molar refractivity (Wildman–Crippen MR) is 68.5 cm³/mol. The molecule has 0 saturated heterocycles. The van der Waals surface area contributed by atoms with E-state index >= 15 is 0 Å². The maximum atomic E-state index is 11.9. The van der Waals surface area contributed by atoms with Crippen LogP contribution in [-0.4, -0.2) is 11.9 Å². The Balaban J connectivity index is 1.89. The highest BCUT2D eigenvalue weighted by atomic mass is 16.5. The van der Waals surface area contributed by atoms with Crippen LogP contribution in [-0.2, 0) is 0 Å². The van der Waals surface area contributed by atoms with Crippen molar-refractivity contribution in [3.63, 3.8) is 0 Å². The first-order valence-electron chi connectivity index (χ1n) is 6.45. The molecule has 2 nitrogen and oxygen atoms in total. The van der Waals surface area contributed by atoms with E-state index in [0.29, 0.717) is 18.4 Å². The Kier molecular flexibility index (Phi) is 3.82. The molecule has 0 unspecified atom stereocenters. The van der Waals surface area contributed by atoms with E-state index in [1.54, 1.807) is 0 Å². The molecule has 1 aliphatic rings. The molecule has 1 fully saturated rings. The molecule has 0 N–H and O–H groups in total. The van der Waals surface area contributed by atoms with Crippen LogP contribution in [0.15, 0.2) is 24.3 Å². The average Bonchev–Trinajstić information content (AvgIpc) is 3.11. The standard InChI is InChI=1S/C15H20O2/c1-11(2)3-10-15(16)12-4-6-13(7-5-12)17-14-8-9-14/h4-7,11,14H,3,8-10H2,1-2H3. The van der Waals surface area contributed by atoms with Gasteiger partial charge in [0.15, 0.2) is 5.78 Å². The minimum atomic E-state index is 0.233. The van der Waals surface area contributed by atoms with Crippen LogP contribution in [0.1, 0.15) is 49.9 Å². The summed E-state index contributed by atoms with van der Waals surface area (Å²) in [7, 11) is 0. The monoisotopic (exact) mass is 232 g/mol. The average molecular weight is 232 g/mol. The Bertz CT molecular complexity index is 374. The van der Waals surface area contributed by atoms with Crippen LogP contribution in [0, 0.1) is 5.92 Å². The Labute approximate surface area is 103 Å². The minimum absolute atomic E-state index is 0.233. The predicted octanol–water partition coefficient (Wildman–Crippen LogP) is 3.85. The number of Topliss-reactive ketones (excluding diaryl/α,β-unsaturated/α-hetero) is 1. The van der Waals surface area contributed by atoms with E-state index in [2.05, 4.69) is 13.8 Å². The molecule has 0 bridgehead atoms. The highest BCUT2D eigenvalue weighted by Crippen LogP contribution is 2.26. The number of hydrogen-bond donors (Lipinski definition) is 0. The molecule has 1 saturated carbocycles. The molecular weight excluding hydrogens is 212 g/mol. The Hall–Kier alpha value is -1.31. The topological polar surface area (TPSA) is 26.3 Å². The summed E-state index contributed by atoms with van der Waals surface area (Å²) >= 11 is 0. The van der Waals surface area contributed by atoms with Gasteiger partial charge in [0, 0.05) is 12.0 Å². The fraction of sp³-hybridized carbons (Fsp3) is 0.533. The van der Waals surface area contributed by atoms with Crippen LogP contribution in [0.4, 0.5) is 0 Å². The molecule has 2 heteroatoms. The summed E-state index contributed by atoms with van der Waals surface area (Å²) in [6, 6.07) is 7.56. The van der Waals surface area contributed by atoms with Crippen molar-refractivity contribution in [1.82, 2.24) is 0 Å². The lowest BCUT2D eigenvalue weighted by molar-refractivity contribution is 0.0975. The third kappa shape index (κ3) is 3.88. The first-order valence-corrected chi connectivity index (χ1v) is 6.45. The van der Waals surface area contributed by atoms with Crippen molar-refractivity contribution >= 4 is 5.78 Å². The lowest BCUT2D eigenvalue weighted by Crippen LogP contribution is -2.02. The van der Waals surface area contributed by atoms with Gasteiger partial charge < -0.3 is 4.74 Å². The van der Waals surface area contributed by atoms with Gasteiger partial charge in [-0.25, -0.2) is 0 Å². The summed E-state index contributed by atoms with van der Waals surface area (Å²) in [5.74, 6) is 1.70. The fourth-order valence-corrected chi connectivity index (χ4v) is 1.66. The summed E-state index contributed by atoms with van der Waals surface area (Å²) in [6.07, 6.45) is 4.33. The molecule has 0 aromatic heterocycles. The molecule has 1 aliphatic carbocycles. The quantitative estimate of drug-likeness (QED) is 0.696. The lowest BCUT2D eigenvalue weighted by Gasteiger charge is -2.06. The molecular formula is C15H20O2. The van der Waals surface area contributed by atoms with Crippen molar-refractivity contribution in [2.75, 3.05) is 0 Å². The number of hydrogen-bond acceptors (Lipinski definition) is 2.